The maximum atomic E-state index is 12.8. The van der Waals surface area contributed by atoms with E-state index in [0.717, 1.165) is 24.2 Å². The number of hydrogen-bond donors (Lipinski definition) is 0. The Morgan fingerprint density at radius 2 is 1.97 bits per heavy atom. The van der Waals surface area contributed by atoms with E-state index in [1.807, 2.05) is 0 Å². The molecule has 0 N–H and O–H groups in total. The average molecular weight is 480 g/mol. The molecular weight excluding hydrogens is 458 g/mol. The first-order valence-electron chi connectivity index (χ1n) is 9.74. The standard InChI is InChI=1S/C20H21N3O7S2/c1-27-13-5-6-14(15(11-13)28-2)19-21-17(30-22-19)12-29-20(24)18-16(7-10-31-18)32(25,26)23-8-3-4-9-23/h5-7,10-11H,3-4,8-9,12H2,1-2H3. The Hall–Kier alpha value is -2.96. The summed E-state index contributed by atoms with van der Waals surface area (Å²) < 4.78 is 48.0. The van der Waals surface area contributed by atoms with Crippen molar-refractivity contribution < 1.29 is 31.9 Å². The fraction of sp³-hybridized carbons (Fsp3) is 0.350. The molecule has 0 aliphatic carbocycles. The van der Waals surface area contributed by atoms with Gasteiger partial charge in [-0.05, 0) is 36.4 Å². The van der Waals surface area contributed by atoms with Gasteiger partial charge in [0.25, 0.3) is 5.89 Å². The normalized spacial score (nSPS) is 14.4. The summed E-state index contributed by atoms with van der Waals surface area (Å²) in [5.74, 6) is 0.651. The lowest BCUT2D eigenvalue weighted by Crippen LogP contribution is -2.28. The van der Waals surface area contributed by atoms with Crippen LogP contribution in [0.1, 0.15) is 28.4 Å². The van der Waals surface area contributed by atoms with Gasteiger partial charge < -0.3 is 18.7 Å². The highest BCUT2D eigenvalue weighted by atomic mass is 32.2. The molecular formula is C20H21N3O7S2. The van der Waals surface area contributed by atoms with Crippen LogP contribution >= 0.6 is 11.3 Å². The van der Waals surface area contributed by atoms with Crippen molar-refractivity contribution >= 4 is 27.3 Å². The van der Waals surface area contributed by atoms with Crippen LogP contribution in [-0.2, 0) is 21.4 Å². The predicted molar refractivity (Wildman–Crippen MR) is 114 cm³/mol. The van der Waals surface area contributed by atoms with Crippen LogP contribution in [0.5, 0.6) is 11.5 Å². The van der Waals surface area contributed by atoms with Crippen LogP contribution in [0.3, 0.4) is 0 Å². The third kappa shape index (κ3) is 4.33. The third-order valence-electron chi connectivity index (χ3n) is 4.94. The molecule has 1 aromatic carbocycles. The SMILES string of the molecule is COc1ccc(-c2noc(COC(=O)c3sccc3S(=O)(=O)N3CCCC3)n2)c(OC)c1. The van der Waals surface area contributed by atoms with Gasteiger partial charge in [-0.25, -0.2) is 13.2 Å². The van der Waals surface area contributed by atoms with Gasteiger partial charge in [-0.15, -0.1) is 11.3 Å². The van der Waals surface area contributed by atoms with Gasteiger partial charge in [-0.2, -0.15) is 9.29 Å². The summed E-state index contributed by atoms with van der Waals surface area (Å²) in [6, 6.07) is 6.56. The number of carbonyl (C=O) groups is 1. The minimum absolute atomic E-state index is 0.0217. The van der Waals surface area contributed by atoms with Crippen molar-refractivity contribution in [3.8, 4) is 22.9 Å². The number of thiophene rings is 1. The van der Waals surface area contributed by atoms with Crippen LogP contribution in [0.25, 0.3) is 11.4 Å². The van der Waals surface area contributed by atoms with Crippen LogP contribution in [0.2, 0.25) is 0 Å². The molecule has 1 saturated heterocycles. The van der Waals surface area contributed by atoms with Crippen molar-refractivity contribution in [1.29, 1.82) is 0 Å². The molecule has 1 aliphatic heterocycles. The van der Waals surface area contributed by atoms with Crippen LogP contribution in [-0.4, -0.2) is 56.1 Å². The number of methoxy groups -OCH3 is 2. The molecule has 0 saturated carbocycles. The summed E-state index contributed by atoms with van der Waals surface area (Å²) in [4.78, 5) is 16.8. The molecule has 1 fully saturated rings. The van der Waals surface area contributed by atoms with Crippen LogP contribution < -0.4 is 9.47 Å². The third-order valence-corrected chi connectivity index (χ3v) is 7.91. The van der Waals surface area contributed by atoms with E-state index in [1.54, 1.807) is 30.7 Å². The lowest BCUT2D eigenvalue weighted by atomic mass is 10.2. The minimum Gasteiger partial charge on any atom is -0.497 e. The van der Waals surface area contributed by atoms with Crippen molar-refractivity contribution in [3.63, 3.8) is 0 Å². The number of nitrogens with zero attached hydrogens (tertiary/aromatic N) is 3. The molecule has 1 aliphatic rings. The first-order chi connectivity index (χ1) is 15.4. The highest BCUT2D eigenvalue weighted by molar-refractivity contribution is 7.89. The van der Waals surface area contributed by atoms with E-state index in [1.165, 1.54) is 17.5 Å². The summed E-state index contributed by atoms with van der Waals surface area (Å²) in [5, 5.41) is 5.46. The zero-order chi connectivity index (χ0) is 22.7. The molecule has 0 atom stereocenters. The van der Waals surface area contributed by atoms with Crippen molar-refractivity contribution in [1.82, 2.24) is 14.4 Å². The monoisotopic (exact) mass is 479 g/mol. The second-order valence-electron chi connectivity index (χ2n) is 6.88. The first-order valence-corrected chi connectivity index (χ1v) is 12.1. The molecule has 2 aromatic heterocycles. The van der Waals surface area contributed by atoms with Crippen LogP contribution in [0.15, 0.2) is 39.1 Å². The van der Waals surface area contributed by atoms with Crippen LogP contribution in [0.4, 0.5) is 0 Å². The maximum absolute atomic E-state index is 12.8. The molecule has 170 valence electrons. The highest BCUT2D eigenvalue weighted by Gasteiger charge is 2.32. The fourth-order valence-corrected chi connectivity index (χ4v) is 6.12. The molecule has 3 heterocycles. The number of ether oxygens (including phenoxy) is 3. The van der Waals surface area contributed by atoms with Crippen molar-refractivity contribution in [2.75, 3.05) is 27.3 Å². The van der Waals surface area contributed by atoms with Crippen molar-refractivity contribution in [3.05, 3.63) is 40.4 Å². The summed E-state index contributed by atoms with van der Waals surface area (Å²) in [6.45, 7) is 0.601. The maximum Gasteiger partial charge on any atom is 0.350 e. The minimum atomic E-state index is -3.73. The predicted octanol–water partition coefficient (Wildman–Crippen LogP) is 2.96. The van der Waals surface area contributed by atoms with Gasteiger partial charge in [0.05, 0.1) is 19.8 Å². The van der Waals surface area contributed by atoms with E-state index < -0.39 is 16.0 Å². The van der Waals surface area contributed by atoms with E-state index in [0.29, 0.717) is 30.2 Å². The number of esters is 1. The zero-order valence-corrected chi connectivity index (χ0v) is 19.1. The number of hydrogen-bond acceptors (Lipinski definition) is 10. The molecule has 3 aromatic rings. The highest BCUT2D eigenvalue weighted by Crippen LogP contribution is 2.32. The molecule has 10 nitrogen and oxygen atoms in total. The van der Waals surface area contributed by atoms with E-state index in [4.69, 9.17) is 18.7 Å². The molecule has 0 unspecified atom stereocenters. The smallest absolute Gasteiger partial charge is 0.350 e. The number of rotatable bonds is 8. The van der Waals surface area contributed by atoms with Gasteiger partial charge in [-0.1, -0.05) is 5.16 Å². The van der Waals surface area contributed by atoms with Gasteiger partial charge in [0.1, 0.15) is 21.3 Å². The Kier molecular flexibility index (Phi) is 6.44. The Morgan fingerprint density at radius 3 is 2.69 bits per heavy atom. The summed E-state index contributed by atoms with van der Waals surface area (Å²) in [6.07, 6.45) is 1.61. The Balaban J connectivity index is 1.47. The number of sulfonamides is 1. The molecule has 0 amide bonds. The Morgan fingerprint density at radius 1 is 1.19 bits per heavy atom. The van der Waals surface area contributed by atoms with E-state index in [2.05, 4.69) is 10.1 Å². The molecule has 0 spiro atoms. The second kappa shape index (κ2) is 9.27. The number of benzene rings is 1. The first kappa shape index (κ1) is 22.2. The van der Waals surface area contributed by atoms with Gasteiger partial charge in [-0.3, -0.25) is 0 Å². The number of aromatic nitrogens is 2. The quantitative estimate of drug-likeness (QED) is 0.449. The second-order valence-corrected chi connectivity index (χ2v) is 9.70. The van der Waals surface area contributed by atoms with Gasteiger partial charge in [0.15, 0.2) is 6.61 Å². The largest absolute Gasteiger partial charge is 0.497 e. The molecule has 0 radical (unpaired) electrons. The molecule has 4 rings (SSSR count). The fourth-order valence-electron chi connectivity index (χ4n) is 3.32. The lowest BCUT2D eigenvalue weighted by molar-refractivity contribution is 0.0431. The van der Waals surface area contributed by atoms with Gasteiger partial charge in [0, 0.05) is 19.2 Å². The van der Waals surface area contributed by atoms with Crippen LogP contribution in [0, 0.1) is 0 Å². The lowest BCUT2D eigenvalue weighted by Gasteiger charge is -2.15. The van der Waals surface area contributed by atoms with Crippen molar-refractivity contribution in [2.45, 2.75) is 24.3 Å². The van der Waals surface area contributed by atoms with Gasteiger partial charge >= 0.3 is 5.97 Å². The zero-order valence-electron chi connectivity index (χ0n) is 17.4. The summed E-state index contributed by atoms with van der Waals surface area (Å²) >= 11 is 1.01. The van der Waals surface area contributed by atoms with E-state index >= 15 is 0 Å². The molecule has 0 bridgehead atoms. The number of carbonyl (C=O) groups excluding carboxylic acids is 1. The molecule has 12 heteroatoms. The summed E-state index contributed by atoms with van der Waals surface area (Å²) in [5.41, 5.74) is 0.576. The summed E-state index contributed by atoms with van der Waals surface area (Å²) in [7, 11) is -0.676. The van der Waals surface area contributed by atoms with Gasteiger partial charge in [0.2, 0.25) is 15.8 Å². The van der Waals surface area contributed by atoms with Crippen molar-refractivity contribution in [2.24, 2.45) is 0 Å². The average Bonchev–Trinajstić information content (AvgIpc) is 3.58. The van der Waals surface area contributed by atoms with E-state index in [9.17, 15) is 13.2 Å². The topological polar surface area (TPSA) is 121 Å². The Labute approximate surface area is 188 Å². The Bertz CT molecular complexity index is 1210. The van der Waals surface area contributed by atoms with E-state index in [-0.39, 0.29) is 28.1 Å². The molecule has 32 heavy (non-hydrogen) atoms.